The van der Waals surface area contributed by atoms with Crippen LogP contribution in [0.1, 0.15) is 25.8 Å². The van der Waals surface area contributed by atoms with Gasteiger partial charge in [-0.2, -0.15) is 0 Å². The van der Waals surface area contributed by atoms with E-state index in [1.54, 1.807) is 14.2 Å². The molecule has 2 N–H and O–H groups in total. The van der Waals surface area contributed by atoms with E-state index in [0.29, 0.717) is 18.0 Å². The lowest BCUT2D eigenvalue weighted by molar-refractivity contribution is -0.120. The molecule has 1 atom stereocenters. The highest BCUT2D eigenvalue weighted by molar-refractivity contribution is 8.02. The summed E-state index contributed by atoms with van der Waals surface area (Å²) in [5, 5.41) is 14.8. The summed E-state index contributed by atoms with van der Waals surface area (Å²) in [4.78, 5) is 12.3. The minimum absolute atomic E-state index is 0.0527. The molecule has 0 spiro atoms. The molecular weight excluding hydrogens is 372 g/mol. The molecule has 0 aliphatic carbocycles. The van der Waals surface area contributed by atoms with E-state index in [1.165, 1.54) is 23.1 Å². The molecule has 7 nitrogen and oxygen atoms in total. The summed E-state index contributed by atoms with van der Waals surface area (Å²) >= 11 is 2.86. The van der Waals surface area contributed by atoms with Crippen LogP contribution in [0, 0.1) is 0 Å². The maximum absolute atomic E-state index is 12.3. The number of hydrogen-bond acceptors (Lipinski definition) is 8. The highest BCUT2D eigenvalue weighted by Crippen LogP contribution is 2.29. The minimum Gasteiger partial charge on any atom is -0.493 e. The average molecular weight is 397 g/mol. The zero-order valence-electron chi connectivity index (χ0n) is 15.4. The molecule has 0 aliphatic rings. The van der Waals surface area contributed by atoms with Crippen molar-refractivity contribution in [2.45, 2.75) is 36.4 Å². The minimum atomic E-state index is -0.262. The summed E-state index contributed by atoms with van der Waals surface area (Å²) in [6, 6.07) is 5.58. The highest BCUT2D eigenvalue weighted by Gasteiger charge is 2.17. The van der Waals surface area contributed by atoms with Crippen molar-refractivity contribution in [1.29, 1.82) is 0 Å². The molecule has 0 radical (unpaired) electrons. The molecule has 2 aromatic rings. The largest absolute Gasteiger partial charge is 0.493 e. The van der Waals surface area contributed by atoms with Crippen LogP contribution in [0.2, 0.25) is 0 Å². The fourth-order valence-corrected chi connectivity index (χ4v) is 4.03. The van der Waals surface area contributed by atoms with Gasteiger partial charge in [0.2, 0.25) is 11.0 Å². The quantitative estimate of drug-likeness (QED) is 0.597. The number of nitrogens with one attached hydrogen (secondary N) is 2. The van der Waals surface area contributed by atoms with E-state index in [1.807, 2.05) is 25.1 Å². The Morgan fingerprint density at radius 2 is 2.04 bits per heavy atom. The van der Waals surface area contributed by atoms with Gasteiger partial charge in [0, 0.05) is 13.1 Å². The summed E-state index contributed by atoms with van der Waals surface area (Å²) in [6.07, 6.45) is 1.02. The Morgan fingerprint density at radius 3 is 2.73 bits per heavy atom. The zero-order valence-corrected chi connectivity index (χ0v) is 17.0. The summed E-state index contributed by atoms with van der Waals surface area (Å²) in [6.45, 7) is 5.23. The molecule has 0 saturated heterocycles. The molecule has 0 aliphatic heterocycles. The van der Waals surface area contributed by atoms with E-state index in [2.05, 4.69) is 27.8 Å². The number of benzene rings is 1. The van der Waals surface area contributed by atoms with Gasteiger partial charge < -0.3 is 20.1 Å². The summed E-state index contributed by atoms with van der Waals surface area (Å²) in [5.74, 6) is 1.25. The van der Waals surface area contributed by atoms with Crippen molar-refractivity contribution < 1.29 is 14.3 Å². The smallest absolute Gasteiger partial charge is 0.233 e. The van der Waals surface area contributed by atoms with Crippen molar-refractivity contribution in [3.8, 4) is 11.5 Å². The number of aromatic nitrogens is 2. The Kier molecular flexibility index (Phi) is 7.99. The highest BCUT2D eigenvalue weighted by atomic mass is 32.2. The van der Waals surface area contributed by atoms with Crippen LogP contribution >= 0.6 is 23.1 Å². The van der Waals surface area contributed by atoms with Crippen molar-refractivity contribution in [3.63, 3.8) is 0 Å². The van der Waals surface area contributed by atoms with Crippen LogP contribution in [0.5, 0.6) is 11.5 Å². The van der Waals surface area contributed by atoms with Gasteiger partial charge in [-0.3, -0.25) is 4.79 Å². The van der Waals surface area contributed by atoms with Gasteiger partial charge in [-0.25, -0.2) is 0 Å². The number of carbonyl (C=O) groups is 1. The molecule has 0 bridgehead atoms. The normalized spacial score (nSPS) is 11.7. The first-order valence-corrected chi connectivity index (χ1v) is 9.99. The molecule has 0 fully saturated rings. The number of ether oxygens (including phenoxy) is 2. The third-order valence-electron chi connectivity index (χ3n) is 3.49. The van der Waals surface area contributed by atoms with Crippen molar-refractivity contribution in [2.24, 2.45) is 0 Å². The van der Waals surface area contributed by atoms with E-state index in [0.717, 1.165) is 28.0 Å². The van der Waals surface area contributed by atoms with Crippen LogP contribution in [0.3, 0.4) is 0 Å². The van der Waals surface area contributed by atoms with Gasteiger partial charge in [0.15, 0.2) is 15.8 Å². The van der Waals surface area contributed by atoms with Crippen LogP contribution < -0.4 is 20.1 Å². The Balaban J connectivity index is 1.86. The van der Waals surface area contributed by atoms with Gasteiger partial charge in [0.05, 0.1) is 19.5 Å². The molecule has 1 aromatic heterocycles. The number of anilines is 1. The first kappa shape index (κ1) is 20.3. The average Bonchev–Trinajstić information content (AvgIpc) is 3.11. The molecule has 1 heterocycles. The fraction of sp³-hybridized carbons (Fsp3) is 0.471. The molecule has 26 heavy (non-hydrogen) atoms. The van der Waals surface area contributed by atoms with E-state index in [4.69, 9.17) is 9.47 Å². The summed E-state index contributed by atoms with van der Waals surface area (Å²) < 4.78 is 11.3. The first-order chi connectivity index (χ1) is 12.6. The zero-order chi connectivity index (χ0) is 18.9. The lowest BCUT2D eigenvalue weighted by Gasteiger charge is -2.12. The van der Waals surface area contributed by atoms with E-state index in [9.17, 15) is 4.79 Å². The second-order valence-electron chi connectivity index (χ2n) is 5.47. The third kappa shape index (κ3) is 5.77. The summed E-state index contributed by atoms with van der Waals surface area (Å²) in [7, 11) is 3.18. The molecule has 1 unspecified atom stereocenters. The third-order valence-corrected chi connectivity index (χ3v) is 5.56. The standard InChI is InChI=1S/C17H24N4O3S2/c1-5-8-18-16-20-21-17(26-16)25-11(2)15(22)19-10-12-6-7-13(23-3)14(9-12)24-4/h6-7,9,11H,5,8,10H2,1-4H3,(H,18,20)(H,19,22). The van der Waals surface area contributed by atoms with Crippen LogP contribution in [-0.4, -0.2) is 42.1 Å². The van der Waals surface area contributed by atoms with E-state index < -0.39 is 0 Å². The Morgan fingerprint density at radius 1 is 1.27 bits per heavy atom. The molecular formula is C17H24N4O3S2. The monoisotopic (exact) mass is 396 g/mol. The van der Waals surface area contributed by atoms with Gasteiger partial charge in [-0.1, -0.05) is 36.1 Å². The molecule has 1 aromatic carbocycles. The van der Waals surface area contributed by atoms with Crippen molar-refractivity contribution >= 4 is 34.1 Å². The van der Waals surface area contributed by atoms with Crippen molar-refractivity contribution in [1.82, 2.24) is 15.5 Å². The van der Waals surface area contributed by atoms with Gasteiger partial charge in [-0.15, -0.1) is 10.2 Å². The van der Waals surface area contributed by atoms with Gasteiger partial charge in [-0.05, 0) is 31.0 Å². The predicted molar refractivity (Wildman–Crippen MR) is 105 cm³/mol. The predicted octanol–water partition coefficient (Wildman–Crippen LogP) is 3.17. The molecule has 1 amide bonds. The topological polar surface area (TPSA) is 85.4 Å². The van der Waals surface area contributed by atoms with Gasteiger partial charge in [0.1, 0.15) is 0 Å². The second-order valence-corrected chi connectivity index (χ2v) is 8.03. The molecule has 9 heteroatoms. The van der Waals surface area contributed by atoms with Crippen molar-refractivity contribution in [3.05, 3.63) is 23.8 Å². The number of nitrogens with zero attached hydrogens (tertiary/aromatic N) is 2. The van der Waals surface area contributed by atoms with Crippen LogP contribution in [0.25, 0.3) is 0 Å². The number of rotatable bonds is 10. The molecule has 0 saturated carbocycles. The SMILES string of the molecule is CCCNc1nnc(SC(C)C(=O)NCc2ccc(OC)c(OC)c2)s1. The fourth-order valence-electron chi connectivity index (χ4n) is 2.09. The van der Waals surface area contributed by atoms with Crippen molar-refractivity contribution in [2.75, 3.05) is 26.1 Å². The Bertz CT molecular complexity index is 724. The number of thioether (sulfide) groups is 1. The van der Waals surface area contributed by atoms with Crippen LogP contribution in [0.15, 0.2) is 22.5 Å². The number of methoxy groups -OCH3 is 2. The Labute approximate surface area is 161 Å². The van der Waals surface area contributed by atoms with Gasteiger partial charge >= 0.3 is 0 Å². The van der Waals surface area contributed by atoms with Crippen LogP contribution in [0.4, 0.5) is 5.13 Å². The number of amides is 1. The molecule has 2 rings (SSSR count). The summed E-state index contributed by atoms with van der Waals surface area (Å²) in [5.41, 5.74) is 0.940. The lowest BCUT2D eigenvalue weighted by atomic mass is 10.2. The van der Waals surface area contributed by atoms with E-state index in [-0.39, 0.29) is 11.2 Å². The first-order valence-electron chi connectivity index (χ1n) is 8.30. The Hall–Kier alpha value is -2.00. The second kappa shape index (κ2) is 10.2. The van der Waals surface area contributed by atoms with E-state index >= 15 is 0 Å². The molecule has 142 valence electrons. The number of carbonyl (C=O) groups excluding carboxylic acids is 1. The maximum Gasteiger partial charge on any atom is 0.233 e. The van der Waals surface area contributed by atoms with Gasteiger partial charge in [0.25, 0.3) is 0 Å². The maximum atomic E-state index is 12.3. The lowest BCUT2D eigenvalue weighted by Crippen LogP contribution is -2.30. The van der Waals surface area contributed by atoms with Crippen LogP contribution in [-0.2, 0) is 11.3 Å². The number of hydrogen-bond donors (Lipinski definition) is 2.